The van der Waals surface area contributed by atoms with Gasteiger partial charge < -0.3 is 4.90 Å². The molecule has 0 saturated carbocycles. The number of benzene rings is 2. The molecule has 0 N–H and O–H groups in total. The summed E-state index contributed by atoms with van der Waals surface area (Å²) < 4.78 is 43.6. The van der Waals surface area contributed by atoms with Gasteiger partial charge in [-0.3, -0.25) is 0 Å². The van der Waals surface area contributed by atoms with Gasteiger partial charge in [0, 0.05) is 10.9 Å². The average molecular weight is 364 g/mol. The predicted molar refractivity (Wildman–Crippen MR) is 96.9 cm³/mol. The zero-order valence-electron chi connectivity index (χ0n) is 14.1. The molecule has 2 aromatic carbocycles. The van der Waals surface area contributed by atoms with Gasteiger partial charge in [-0.15, -0.1) is 0 Å². The van der Waals surface area contributed by atoms with Crippen LogP contribution in [0.15, 0.2) is 42.5 Å². The van der Waals surface area contributed by atoms with Gasteiger partial charge in [0.1, 0.15) is 0 Å². The zero-order chi connectivity index (χ0) is 18.0. The van der Waals surface area contributed by atoms with Gasteiger partial charge in [-0.1, -0.05) is 24.3 Å². The van der Waals surface area contributed by atoms with Gasteiger partial charge in [0.05, 0.1) is 16.0 Å². The monoisotopic (exact) mass is 364 g/mol. The van der Waals surface area contributed by atoms with Crippen LogP contribution in [0.5, 0.6) is 0 Å². The van der Waals surface area contributed by atoms with Crippen molar-refractivity contribution in [3.8, 4) is 11.3 Å². The highest BCUT2D eigenvalue weighted by atomic mass is 32.1. The highest BCUT2D eigenvalue weighted by molar-refractivity contribution is 7.13. The highest BCUT2D eigenvalue weighted by Crippen LogP contribution is 2.34. The van der Waals surface area contributed by atoms with Crippen molar-refractivity contribution in [3.63, 3.8) is 0 Å². The van der Waals surface area contributed by atoms with Crippen molar-refractivity contribution >= 4 is 21.6 Å². The van der Waals surface area contributed by atoms with Gasteiger partial charge in [-0.05, 0) is 68.8 Å². The molecule has 0 fully saturated rings. The maximum atomic E-state index is 12.7. The molecule has 0 aliphatic rings. The van der Waals surface area contributed by atoms with Crippen molar-refractivity contribution < 1.29 is 13.2 Å². The van der Waals surface area contributed by atoms with Crippen LogP contribution in [0.4, 0.5) is 13.2 Å². The van der Waals surface area contributed by atoms with E-state index in [0.29, 0.717) is 5.56 Å². The molecule has 0 amide bonds. The number of rotatable bonds is 5. The summed E-state index contributed by atoms with van der Waals surface area (Å²) in [6, 6.07) is 11.4. The van der Waals surface area contributed by atoms with Crippen LogP contribution in [-0.4, -0.2) is 29.9 Å². The fourth-order valence-corrected chi connectivity index (χ4v) is 3.62. The van der Waals surface area contributed by atoms with Crippen LogP contribution < -0.4 is 0 Å². The molecular weight excluding hydrogens is 345 g/mol. The summed E-state index contributed by atoms with van der Waals surface area (Å²) in [5, 5.41) is 0.987. The zero-order valence-corrected chi connectivity index (χ0v) is 14.9. The van der Waals surface area contributed by atoms with E-state index in [9.17, 15) is 13.2 Å². The van der Waals surface area contributed by atoms with Crippen molar-refractivity contribution in [1.82, 2.24) is 9.27 Å². The van der Waals surface area contributed by atoms with Gasteiger partial charge in [0.15, 0.2) is 0 Å². The number of fused-ring (bicyclic) bond motifs is 1. The van der Waals surface area contributed by atoms with Gasteiger partial charge in [-0.25, -0.2) is 0 Å². The van der Waals surface area contributed by atoms with Gasteiger partial charge in [0.25, 0.3) is 0 Å². The lowest BCUT2D eigenvalue weighted by Gasteiger charge is -2.09. The molecular formula is C19H19F3N2S. The van der Waals surface area contributed by atoms with Crippen molar-refractivity contribution in [1.29, 1.82) is 0 Å². The van der Waals surface area contributed by atoms with Gasteiger partial charge in [-0.2, -0.15) is 17.5 Å². The fourth-order valence-electron chi connectivity index (χ4n) is 2.76. The lowest BCUT2D eigenvalue weighted by molar-refractivity contribution is -0.137. The smallest absolute Gasteiger partial charge is 0.309 e. The summed E-state index contributed by atoms with van der Waals surface area (Å²) in [5.41, 5.74) is 2.07. The van der Waals surface area contributed by atoms with Crippen molar-refractivity contribution in [3.05, 3.63) is 53.6 Å². The van der Waals surface area contributed by atoms with Crippen LogP contribution in [0.1, 0.15) is 17.5 Å². The molecule has 6 heteroatoms. The van der Waals surface area contributed by atoms with Crippen LogP contribution in [0.3, 0.4) is 0 Å². The Morgan fingerprint density at radius 1 is 1.04 bits per heavy atom. The first-order chi connectivity index (χ1) is 11.8. The molecule has 25 heavy (non-hydrogen) atoms. The van der Waals surface area contributed by atoms with E-state index < -0.39 is 11.7 Å². The van der Waals surface area contributed by atoms with E-state index in [1.807, 2.05) is 6.07 Å². The molecule has 0 aliphatic carbocycles. The molecule has 0 bridgehead atoms. The second kappa shape index (κ2) is 7.14. The molecule has 1 heterocycles. The molecule has 0 atom stereocenters. The van der Waals surface area contributed by atoms with Crippen LogP contribution in [-0.2, 0) is 12.6 Å². The second-order valence-electron chi connectivity index (χ2n) is 6.34. The van der Waals surface area contributed by atoms with E-state index in [1.54, 1.807) is 0 Å². The SMILES string of the molecule is CN(C)CCCc1ccc2c(-c3ccc(C(F)(F)F)cc3)nsc2c1. The van der Waals surface area contributed by atoms with Crippen LogP contribution in [0.2, 0.25) is 0 Å². The third kappa shape index (κ3) is 4.19. The number of hydrogen-bond donors (Lipinski definition) is 0. The molecule has 3 aromatic rings. The van der Waals surface area contributed by atoms with E-state index in [-0.39, 0.29) is 0 Å². The van der Waals surface area contributed by atoms with Crippen molar-refractivity contribution in [2.45, 2.75) is 19.0 Å². The third-order valence-corrected chi connectivity index (χ3v) is 4.90. The molecule has 132 valence electrons. The maximum absolute atomic E-state index is 12.7. The molecule has 0 saturated heterocycles. The number of aromatic nitrogens is 1. The van der Waals surface area contributed by atoms with Crippen LogP contribution in [0, 0.1) is 0 Å². The fraction of sp³-hybridized carbons (Fsp3) is 0.316. The highest BCUT2D eigenvalue weighted by Gasteiger charge is 2.30. The minimum Gasteiger partial charge on any atom is -0.309 e. The minimum absolute atomic E-state index is 0.640. The first-order valence-corrected chi connectivity index (χ1v) is 8.82. The summed E-state index contributed by atoms with van der Waals surface area (Å²) >= 11 is 1.39. The normalized spacial score (nSPS) is 12.2. The number of alkyl halides is 3. The number of halogens is 3. The minimum atomic E-state index is -4.32. The molecule has 1 aromatic heterocycles. The number of hydrogen-bond acceptors (Lipinski definition) is 3. The number of nitrogens with zero attached hydrogens (tertiary/aromatic N) is 2. The van der Waals surface area contributed by atoms with E-state index in [0.717, 1.165) is 47.3 Å². The van der Waals surface area contributed by atoms with Crippen molar-refractivity contribution in [2.75, 3.05) is 20.6 Å². The second-order valence-corrected chi connectivity index (χ2v) is 7.15. The topological polar surface area (TPSA) is 16.1 Å². The van der Waals surface area contributed by atoms with Crippen LogP contribution >= 0.6 is 11.5 Å². The Morgan fingerprint density at radius 3 is 2.40 bits per heavy atom. The molecule has 0 radical (unpaired) electrons. The maximum Gasteiger partial charge on any atom is 0.416 e. The third-order valence-electron chi connectivity index (χ3n) is 4.09. The summed E-state index contributed by atoms with van der Waals surface area (Å²) in [6.45, 7) is 1.04. The summed E-state index contributed by atoms with van der Waals surface area (Å²) in [7, 11) is 4.12. The predicted octanol–water partition coefficient (Wildman–Crippen LogP) is 5.48. The Balaban J connectivity index is 1.83. The molecule has 0 aliphatic heterocycles. The lowest BCUT2D eigenvalue weighted by Crippen LogP contribution is -2.13. The Morgan fingerprint density at radius 2 is 1.76 bits per heavy atom. The lowest BCUT2D eigenvalue weighted by atomic mass is 10.0. The summed E-state index contributed by atoms with van der Waals surface area (Å²) in [4.78, 5) is 2.16. The van der Waals surface area contributed by atoms with E-state index in [1.165, 1.54) is 29.2 Å². The first-order valence-electron chi connectivity index (χ1n) is 8.05. The Labute approximate surface area is 149 Å². The average Bonchev–Trinajstić information content (AvgIpc) is 2.97. The Bertz CT molecular complexity index is 851. The van der Waals surface area contributed by atoms with Crippen LogP contribution in [0.25, 0.3) is 21.3 Å². The number of aryl methyl sites for hydroxylation is 1. The largest absolute Gasteiger partial charge is 0.416 e. The summed E-state index contributed by atoms with van der Waals surface area (Å²) in [6.07, 6.45) is -2.23. The standard InChI is InChI=1S/C19H19F3N2S/c1-24(2)11-3-4-13-5-10-16-17(12-13)25-23-18(16)14-6-8-15(9-7-14)19(20,21)22/h5-10,12H,3-4,11H2,1-2H3. The van der Waals surface area contributed by atoms with Gasteiger partial charge >= 0.3 is 6.18 Å². The Kier molecular flexibility index (Phi) is 5.11. The quantitative estimate of drug-likeness (QED) is 0.596. The molecule has 0 spiro atoms. The van der Waals surface area contributed by atoms with E-state index in [4.69, 9.17) is 0 Å². The van der Waals surface area contributed by atoms with Crippen molar-refractivity contribution in [2.24, 2.45) is 0 Å². The molecule has 0 unspecified atom stereocenters. The molecule has 2 nitrogen and oxygen atoms in total. The van der Waals surface area contributed by atoms with Gasteiger partial charge in [0.2, 0.25) is 0 Å². The molecule has 3 rings (SSSR count). The van der Waals surface area contributed by atoms with E-state index >= 15 is 0 Å². The van der Waals surface area contributed by atoms with E-state index in [2.05, 4.69) is 35.5 Å². The summed E-state index contributed by atoms with van der Waals surface area (Å²) in [5.74, 6) is 0. The Hall–Kier alpha value is -1.92. The first kappa shape index (κ1) is 17.9.